The molecule has 0 N–H and O–H groups in total. The Morgan fingerprint density at radius 3 is 1.96 bits per heavy atom. The van der Waals surface area contributed by atoms with Crippen molar-refractivity contribution in [1.82, 2.24) is 0 Å². The average Bonchev–Trinajstić information content (AvgIpc) is 2.61. The lowest BCUT2D eigenvalue weighted by Crippen LogP contribution is -1.84. The summed E-state index contributed by atoms with van der Waals surface area (Å²) >= 11 is 3.67. The molecule has 0 nitrogen and oxygen atoms in total. The van der Waals surface area contributed by atoms with Crippen molar-refractivity contribution in [3.8, 4) is 22.3 Å². The monoisotopic (exact) mass is 360 g/mol. The first kappa shape index (κ1) is 15.5. The van der Waals surface area contributed by atoms with E-state index in [9.17, 15) is 0 Å². The number of halogens is 1. The third kappa shape index (κ3) is 3.35. The Kier molecular flexibility index (Phi) is 4.59. The Morgan fingerprint density at radius 1 is 0.652 bits per heavy atom. The molecule has 0 aliphatic carbocycles. The second kappa shape index (κ2) is 6.80. The normalized spacial score (nSPS) is 10.3. The van der Waals surface area contributed by atoms with Crippen molar-refractivity contribution in [3.05, 3.63) is 95.5 Å². The van der Waals surface area contributed by atoms with Crippen molar-refractivity contribution in [2.45, 2.75) is 0 Å². The Bertz CT molecular complexity index is 857. The van der Waals surface area contributed by atoms with Crippen molar-refractivity contribution in [3.63, 3.8) is 0 Å². The highest BCUT2D eigenvalue weighted by Crippen LogP contribution is 2.32. The van der Waals surface area contributed by atoms with Gasteiger partial charge in [0.05, 0.1) is 0 Å². The molecule has 0 aromatic heterocycles. The minimum absolute atomic E-state index is 1.08. The van der Waals surface area contributed by atoms with E-state index in [2.05, 4.69) is 95.8 Å². The zero-order chi connectivity index (χ0) is 16.2. The summed E-state index contributed by atoms with van der Waals surface area (Å²) in [5.74, 6) is 0. The van der Waals surface area contributed by atoms with Gasteiger partial charge in [0.2, 0.25) is 0 Å². The largest absolute Gasteiger partial charge is 0.0985 e. The number of hydrogen-bond acceptors (Lipinski definition) is 0. The van der Waals surface area contributed by atoms with Gasteiger partial charge in [-0.2, -0.15) is 0 Å². The van der Waals surface area contributed by atoms with Crippen LogP contribution in [-0.4, -0.2) is 0 Å². The van der Waals surface area contributed by atoms with E-state index < -0.39 is 0 Å². The van der Waals surface area contributed by atoms with Crippen LogP contribution in [0.4, 0.5) is 0 Å². The van der Waals surface area contributed by atoms with E-state index in [1.807, 2.05) is 12.2 Å². The van der Waals surface area contributed by atoms with Crippen molar-refractivity contribution in [1.29, 1.82) is 0 Å². The number of benzene rings is 3. The van der Waals surface area contributed by atoms with E-state index in [0.717, 1.165) is 15.6 Å². The van der Waals surface area contributed by atoms with E-state index in [1.165, 1.54) is 22.3 Å². The number of rotatable bonds is 4. The van der Waals surface area contributed by atoms with Gasteiger partial charge in [0.25, 0.3) is 0 Å². The van der Waals surface area contributed by atoms with Crippen LogP contribution in [0.5, 0.6) is 0 Å². The molecule has 0 aliphatic rings. The Balaban J connectivity index is 2.02. The lowest BCUT2D eigenvalue weighted by Gasteiger charge is -2.09. The molecule has 0 aliphatic heterocycles. The smallest absolute Gasteiger partial charge is 0.0259 e. The summed E-state index contributed by atoms with van der Waals surface area (Å²) in [5, 5.41) is 0. The van der Waals surface area contributed by atoms with Crippen LogP contribution in [0.2, 0.25) is 0 Å². The van der Waals surface area contributed by atoms with E-state index in [4.69, 9.17) is 0 Å². The predicted molar refractivity (Wildman–Crippen MR) is 105 cm³/mol. The Hall–Kier alpha value is -2.38. The Morgan fingerprint density at radius 2 is 1.30 bits per heavy atom. The third-order valence-corrected chi connectivity index (χ3v) is 4.54. The molecule has 0 radical (unpaired) electrons. The summed E-state index contributed by atoms with van der Waals surface area (Å²) in [5.41, 5.74) is 7.02. The molecule has 0 amide bonds. The molecule has 0 bridgehead atoms. The SMILES string of the molecule is C=Cc1ccc(-c2cccc(-c3ccc(C=C)cc3Br)c2)cc1. The summed E-state index contributed by atoms with van der Waals surface area (Å²) in [6, 6.07) is 23.3. The summed E-state index contributed by atoms with van der Waals surface area (Å²) in [6.45, 7) is 7.61. The molecule has 23 heavy (non-hydrogen) atoms. The maximum absolute atomic E-state index is 3.81. The molecular weight excluding hydrogens is 344 g/mol. The molecule has 0 heterocycles. The highest BCUT2D eigenvalue weighted by Gasteiger charge is 2.05. The third-order valence-electron chi connectivity index (χ3n) is 3.88. The molecule has 3 rings (SSSR count). The predicted octanol–water partition coefficient (Wildman–Crippen LogP) is 7.07. The van der Waals surface area contributed by atoms with E-state index in [-0.39, 0.29) is 0 Å². The summed E-state index contributed by atoms with van der Waals surface area (Å²) in [4.78, 5) is 0. The number of hydrogen-bond donors (Lipinski definition) is 0. The van der Waals surface area contributed by atoms with Gasteiger partial charge < -0.3 is 0 Å². The topological polar surface area (TPSA) is 0 Å². The first-order valence-electron chi connectivity index (χ1n) is 7.46. The van der Waals surface area contributed by atoms with Crippen LogP contribution in [0.25, 0.3) is 34.4 Å². The summed E-state index contributed by atoms with van der Waals surface area (Å²) in [6.07, 6.45) is 3.71. The van der Waals surface area contributed by atoms with Crippen molar-refractivity contribution >= 4 is 28.1 Å². The van der Waals surface area contributed by atoms with Gasteiger partial charge >= 0.3 is 0 Å². The molecule has 0 saturated carbocycles. The minimum Gasteiger partial charge on any atom is -0.0985 e. The van der Waals surface area contributed by atoms with Crippen LogP contribution in [0, 0.1) is 0 Å². The lowest BCUT2D eigenvalue weighted by molar-refractivity contribution is 1.55. The van der Waals surface area contributed by atoms with Gasteiger partial charge in [-0.1, -0.05) is 95.8 Å². The highest BCUT2D eigenvalue weighted by molar-refractivity contribution is 9.10. The Labute approximate surface area is 145 Å². The van der Waals surface area contributed by atoms with Gasteiger partial charge in [-0.3, -0.25) is 0 Å². The molecule has 0 saturated heterocycles. The van der Waals surface area contributed by atoms with E-state index >= 15 is 0 Å². The molecule has 1 heteroatoms. The van der Waals surface area contributed by atoms with Crippen LogP contribution >= 0.6 is 15.9 Å². The first-order valence-corrected chi connectivity index (χ1v) is 8.26. The quantitative estimate of drug-likeness (QED) is 0.466. The standard InChI is InChI=1S/C22H17Br/c1-3-16-8-11-18(12-9-16)19-6-5-7-20(15-19)21-13-10-17(4-2)14-22(21)23/h3-15H,1-2H2. The van der Waals surface area contributed by atoms with Crippen LogP contribution in [0.3, 0.4) is 0 Å². The van der Waals surface area contributed by atoms with E-state index in [0.29, 0.717) is 0 Å². The van der Waals surface area contributed by atoms with Gasteiger partial charge in [0.15, 0.2) is 0 Å². The summed E-state index contributed by atoms with van der Waals surface area (Å²) < 4.78 is 1.08. The van der Waals surface area contributed by atoms with Crippen LogP contribution < -0.4 is 0 Å². The first-order chi connectivity index (χ1) is 11.2. The highest BCUT2D eigenvalue weighted by atomic mass is 79.9. The van der Waals surface area contributed by atoms with Crippen molar-refractivity contribution in [2.24, 2.45) is 0 Å². The van der Waals surface area contributed by atoms with Gasteiger partial charge in [-0.15, -0.1) is 0 Å². The minimum atomic E-state index is 1.08. The lowest BCUT2D eigenvalue weighted by atomic mass is 9.98. The maximum Gasteiger partial charge on any atom is 0.0259 e. The zero-order valence-electron chi connectivity index (χ0n) is 12.8. The van der Waals surface area contributed by atoms with Crippen molar-refractivity contribution in [2.75, 3.05) is 0 Å². The van der Waals surface area contributed by atoms with Crippen LogP contribution in [0.1, 0.15) is 11.1 Å². The molecule has 112 valence electrons. The molecular formula is C22H17Br. The fraction of sp³-hybridized carbons (Fsp3) is 0. The fourth-order valence-corrected chi connectivity index (χ4v) is 3.20. The zero-order valence-corrected chi connectivity index (χ0v) is 14.4. The van der Waals surface area contributed by atoms with Gasteiger partial charge in [-0.25, -0.2) is 0 Å². The van der Waals surface area contributed by atoms with Gasteiger partial charge in [0, 0.05) is 4.47 Å². The summed E-state index contributed by atoms with van der Waals surface area (Å²) in [7, 11) is 0. The molecule has 0 spiro atoms. The van der Waals surface area contributed by atoms with Gasteiger partial charge in [0.1, 0.15) is 0 Å². The van der Waals surface area contributed by atoms with Gasteiger partial charge in [-0.05, 0) is 45.5 Å². The molecule has 0 atom stereocenters. The molecule has 3 aromatic carbocycles. The molecule has 0 unspecified atom stereocenters. The van der Waals surface area contributed by atoms with E-state index in [1.54, 1.807) is 0 Å². The average molecular weight is 361 g/mol. The molecule has 3 aromatic rings. The van der Waals surface area contributed by atoms with Crippen LogP contribution in [0.15, 0.2) is 84.4 Å². The fourth-order valence-electron chi connectivity index (χ4n) is 2.57. The second-order valence-corrected chi connectivity index (χ2v) is 6.20. The van der Waals surface area contributed by atoms with Crippen molar-refractivity contribution < 1.29 is 0 Å². The second-order valence-electron chi connectivity index (χ2n) is 5.35. The molecule has 0 fully saturated rings. The van der Waals surface area contributed by atoms with Crippen LogP contribution in [-0.2, 0) is 0 Å². The maximum atomic E-state index is 3.81.